The molecule has 0 spiro atoms. The summed E-state index contributed by atoms with van der Waals surface area (Å²) in [6.45, 7) is 0. The van der Waals surface area contributed by atoms with Crippen LogP contribution in [-0.2, 0) is 0 Å². The Kier molecular flexibility index (Phi) is 3.51. The van der Waals surface area contributed by atoms with Crippen LogP contribution in [0.1, 0.15) is 0 Å². The normalized spacial score (nSPS) is 11.1. The van der Waals surface area contributed by atoms with E-state index < -0.39 is 0 Å². The van der Waals surface area contributed by atoms with Crippen LogP contribution in [0.2, 0.25) is 10.0 Å². The van der Waals surface area contributed by atoms with E-state index in [0.29, 0.717) is 32.5 Å². The molecule has 0 bridgehead atoms. The second-order valence-electron chi connectivity index (χ2n) is 5.00. The monoisotopic (exact) mass is 357 g/mol. The van der Waals surface area contributed by atoms with Gasteiger partial charge in [-0.2, -0.15) is 0 Å². The fourth-order valence-corrected chi connectivity index (χ4v) is 2.90. The molecule has 0 atom stereocenters. The van der Waals surface area contributed by atoms with Crippen molar-refractivity contribution in [2.75, 3.05) is 5.73 Å². The maximum absolute atomic E-state index is 6.39. The van der Waals surface area contributed by atoms with Crippen LogP contribution in [0.4, 0.5) is 5.82 Å². The summed E-state index contributed by atoms with van der Waals surface area (Å²) in [5.41, 5.74) is 8.90. The molecule has 7 nitrogen and oxygen atoms in total. The van der Waals surface area contributed by atoms with Gasteiger partial charge >= 0.3 is 0 Å². The highest BCUT2D eigenvalue weighted by atomic mass is 35.5. The topological polar surface area (TPSA) is 95.4 Å². The third kappa shape index (κ3) is 2.34. The van der Waals surface area contributed by atoms with Crippen molar-refractivity contribution in [3.05, 3.63) is 53.0 Å². The first-order chi connectivity index (χ1) is 11.6. The zero-order chi connectivity index (χ0) is 16.7. The van der Waals surface area contributed by atoms with Crippen molar-refractivity contribution in [1.82, 2.24) is 30.2 Å². The number of nitrogens with two attached hydrogens (primary N) is 1. The van der Waals surface area contributed by atoms with Crippen molar-refractivity contribution in [3.63, 3.8) is 0 Å². The van der Waals surface area contributed by atoms with E-state index in [1.807, 2.05) is 24.3 Å². The second-order valence-corrected chi connectivity index (χ2v) is 5.79. The highest BCUT2D eigenvalue weighted by Gasteiger charge is 2.15. The Bertz CT molecular complexity index is 1050. The number of nitrogen functional groups attached to an aromatic ring is 1. The van der Waals surface area contributed by atoms with E-state index in [1.165, 1.54) is 17.3 Å². The van der Waals surface area contributed by atoms with Crippen molar-refractivity contribution >= 4 is 39.9 Å². The van der Waals surface area contributed by atoms with Crippen LogP contribution in [0.3, 0.4) is 0 Å². The maximum Gasteiger partial charge on any atom is 0.143 e. The highest BCUT2D eigenvalue weighted by Crippen LogP contribution is 2.38. The molecule has 24 heavy (non-hydrogen) atoms. The van der Waals surface area contributed by atoms with Gasteiger partial charge in [0, 0.05) is 16.5 Å². The van der Waals surface area contributed by atoms with E-state index in [2.05, 4.69) is 25.5 Å². The fraction of sp³-hybridized carbons (Fsp3) is 0. The molecule has 0 aliphatic rings. The predicted octanol–water partition coefficient (Wildman–Crippen LogP) is 3.16. The lowest BCUT2D eigenvalue weighted by Gasteiger charge is -2.12. The Labute approximate surface area is 146 Å². The molecule has 4 rings (SSSR count). The van der Waals surface area contributed by atoms with E-state index in [1.54, 1.807) is 6.07 Å². The van der Waals surface area contributed by atoms with Gasteiger partial charge in [-0.3, -0.25) is 0 Å². The fourth-order valence-electron chi connectivity index (χ4n) is 2.50. The van der Waals surface area contributed by atoms with Crippen LogP contribution in [0.5, 0.6) is 0 Å². The smallest absolute Gasteiger partial charge is 0.143 e. The predicted molar refractivity (Wildman–Crippen MR) is 92.1 cm³/mol. The Hall–Kier alpha value is -2.77. The molecule has 0 amide bonds. The number of hydrogen-bond donors (Lipinski definition) is 1. The van der Waals surface area contributed by atoms with E-state index in [-0.39, 0.29) is 0 Å². The molecule has 0 aliphatic heterocycles. The number of hydrogen-bond acceptors (Lipinski definition) is 6. The lowest BCUT2D eigenvalue weighted by atomic mass is 10.0. The number of tetrazole rings is 1. The number of anilines is 1. The van der Waals surface area contributed by atoms with Crippen LogP contribution in [0.15, 0.2) is 43.0 Å². The standard InChI is InChI=1S/C15H9Cl2N7/c16-12-3-1-2-9(13(12)17)10-4-8(24-7-21-22-23-24)5-11-14(10)19-6-20-15(11)18/h1-7H,(H2,18,19,20). The van der Waals surface area contributed by atoms with E-state index in [0.717, 1.165) is 11.1 Å². The van der Waals surface area contributed by atoms with Gasteiger partial charge in [-0.05, 0) is 28.6 Å². The first-order valence-electron chi connectivity index (χ1n) is 6.87. The molecule has 2 aromatic carbocycles. The van der Waals surface area contributed by atoms with Crippen LogP contribution < -0.4 is 5.73 Å². The molecule has 0 saturated carbocycles. The van der Waals surface area contributed by atoms with Gasteiger partial charge in [-0.25, -0.2) is 14.6 Å². The molecule has 118 valence electrons. The lowest BCUT2D eigenvalue weighted by Crippen LogP contribution is -2.00. The van der Waals surface area contributed by atoms with Gasteiger partial charge in [-0.1, -0.05) is 35.3 Å². The molecule has 9 heteroatoms. The minimum atomic E-state index is 0.356. The van der Waals surface area contributed by atoms with Crippen molar-refractivity contribution in [1.29, 1.82) is 0 Å². The molecular formula is C15H9Cl2N7. The molecule has 0 fully saturated rings. The second kappa shape index (κ2) is 5.70. The zero-order valence-corrected chi connectivity index (χ0v) is 13.6. The van der Waals surface area contributed by atoms with Gasteiger partial charge in [0.25, 0.3) is 0 Å². The van der Waals surface area contributed by atoms with E-state index in [4.69, 9.17) is 28.9 Å². The molecule has 0 saturated heterocycles. The Balaban J connectivity index is 2.10. The molecule has 2 heterocycles. The summed E-state index contributed by atoms with van der Waals surface area (Å²) < 4.78 is 1.52. The molecule has 0 aliphatic carbocycles. The van der Waals surface area contributed by atoms with Crippen LogP contribution in [0.25, 0.3) is 27.7 Å². The first-order valence-corrected chi connectivity index (χ1v) is 7.62. The van der Waals surface area contributed by atoms with Crippen molar-refractivity contribution in [2.24, 2.45) is 0 Å². The maximum atomic E-state index is 6.39. The average Bonchev–Trinajstić information content (AvgIpc) is 3.12. The van der Waals surface area contributed by atoms with Crippen molar-refractivity contribution in [3.8, 4) is 16.8 Å². The lowest BCUT2D eigenvalue weighted by molar-refractivity contribution is 0.790. The van der Waals surface area contributed by atoms with Crippen molar-refractivity contribution in [2.45, 2.75) is 0 Å². The summed E-state index contributed by atoms with van der Waals surface area (Å²) >= 11 is 12.6. The van der Waals surface area contributed by atoms with Crippen molar-refractivity contribution < 1.29 is 0 Å². The highest BCUT2D eigenvalue weighted by molar-refractivity contribution is 6.44. The molecule has 0 radical (unpaired) electrons. The number of nitrogens with zero attached hydrogens (tertiary/aromatic N) is 6. The van der Waals surface area contributed by atoms with Gasteiger partial charge in [0.05, 0.1) is 21.2 Å². The van der Waals surface area contributed by atoms with Gasteiger partial charge < -0.3 is 5.73 Å². The van der Waals surface area contributed by atoms with Gasteiger partial charge in [0.1, 0.15) is 18.5 Å². The summed E-state index contributed by atoms with van der Waals surface area (Å²) in [5.74, 6) is 0.356. The average molecular weight is 358 g/mol. The van der Waals surface area contributed by atoms with Gasteiger partial charge in [-0.15, -0.1) is 5.10 Å². The summed E-state index contributed by atoms with van der Waals surface area (Å²) in [6.07, 6.45) is 2.90. The summed E-state index contributed by atoms with van der Waals surface area (Å²) in [6, 6.07) is 9.12. The zero-order valence-electron chi connectivity index (χ0n) is 12.1. The number of fused-ring (bicyclic) bond motifs is 1. The Morgan fingerprint density at radius 2 is 1.92 bits per heavy atom. The Morgan fingerprint density at radius 3 is 2.71 bits per heavy atom. The SMILES string of the molecule is Nc1ncnc2c(-c3cccc(Cl)c3Cl)cc(-n3cnnn3)cc12. The van der Waals surface area contributed by atoms with Gasteiger partial charge in [0.15, 0.2) is 0 Å². The third-order valence-electron chi connectivity index (χ3n) is 3.61. The number of benzene rings is 2. The summed E-state index contributed by atoms with van der Waals surface area (Å²) in [4.78, 5) is 8.41. The molecule has 2 N–H and O–H groups in total. The number of halogens is 2. The number of aromatic nitrogens is 6. The first kappa shape index (κ1) is 14.8. The van der Waals surface area contributed by atoms with Crippen LogP contribution in [-0.4, -0.2) is 30.2 Å². The van der Waals surface area contributed by atoms with E-state index in [9.17, 15) is 0 Å². The minimum Gasteiger partial charge on any atom is -0.383 e. The van der Waals surface area contributed by atoms with Crippen LogP contribution >= 0.6 is 23.2 Å². The van der Waals surface area contributed by atoms with Gasteiger partial charge in [0.2, 0.25) is 0 Å². The third-order valence-corrected chi connectivity index (χ3v) is 4.43. The quantitative estimate of drug-likeness (QED) is 0.591. The summed E-state index contributed by atoms with van der Waals surface area (Å²) in [7, 11) is 0. The van der Waals surface area contributed by atoms with Crippen LogP contribution in [0, 0.1) is 0 Å². The number of rotatable bonds is 2. The largest absolute Gasteiger partial charge is 0.383 e. The minimum absolute atomic E-state index is 0.356. The molecule has 0 unspecified atom stereocenters. The molecular weight excluding hydrogens is 349 g/mol. The molecule has 4 aromatic rings. The Morgan fingerprint density at radius 1 is 1.04 bits per heavy atom. The van der Waals surface area contributed by atoms with E-state index >= 15 is 0 Å². The summed E-state index contributed by atoms with van der Waals surface area (Å²) in [5, 5.41) is 12.8. The molecule has 2 aromatic heterocycles.